The van der Waals surface area contributed by atoms with Crippen molar-refractivity contribution >= 4 is 11.9 Å². The zero-order chi connectivity index (χ0) is 13.5. The maximum Gasteiger partial charge on any atom is 0.316 e. The average molecular weight is 262 g/mol. The Morgan fingerprint density at radius 1 is 1.37 bits per heavy atom. The quantitative estimate of drug-likeness (QED) is 0.788. The molecule has 0 saturated carbocycles. The molecule has 0 radical (unpaired) electrons. The van der Waals surface area contributed by atoms with E-state index in [9.17, 15) is 4.79 Å². The lowest BCUT2D eigenvalue weighted by Crippen LogP contribution is -2.13. The number of nitrogens with zero attached hydrogens (tertiary/aromatic N) is 4. The smallest absolute Gasteiger partial charge is 0.316 e. The molecule has 0 atom stereocenters. The first-order valence-electron chi connectivity index (χ1n) is 5.87. The van der Waals surface area contributed by atoms with Crippen LogP contribution in [0.5, 0.6) is 6.01 Å². The summed E-state index contributed by atoms with van der Waals surface area (Å²) in [5, 5.41) is 8.78. The molecule has 2 N–H and O–H groups in total. The van der Waals surface area contributed by atoms with Crippen LogP contribution in [0.1, 0.15) is 18.9 Å². The van der Waals surface area contributed by atoms with Gasteiger partial charge in [-0.05, 0) is 18.9 Å². The molecule has 2 rings (SSSR count). The molecule has 0 aliphatic heterocycles. The fraction of sp³-hybridized carbons (Fsp3) is 0.364. The van der Waals surface area contributed by atoms with Gasteiger partial charge in [-0.1, -0.05) is 0 Å². The van der Waals surface area contributed by atoms with Gasteiger partial charge in [-0.15, -0.1) is 0 Å². The van der Waals surface area contributed by atoms with E-state index in [0.717, 1.165) is 5.56 Å². The summed E-state index contributed by atoms with van der Waals surface area (Å²) in [4.78, 5) is 23.4. The van der Waals surface area contributed by atoms with Gasteiger partial charge in [-0.2, -0.15) is 10.1 Å². The van der Waals surface area contributed by atoms with Gasteiger partial charge >= 0.3 is 6.01 Å². The van der Waals surface area contributed by atoms with Crippen LogP contribution in [-0.2, 0) is 11.2 Å². The number of hydrogen-bond acceptors (Lipinski definition) is 6. The second-order valence-corrected chi connectivity index (χ2v) is 3.69. The van der Waals surface area contributed by atoms with Gasteiger partial charge in [0.15, 0.2) is 0 Å². The van der Waals surface area contributed by atoms with Gasteiger partial charge in [-0.3, -0.25) is 10.1 Å². The van der Waals surface area contributed by atoms with Crippen molar-refractivity contribution in [1.82, 2.24) is 25.1 Å². The third-order valence-corrected chi connectivity index (χ3v) is 2.27. The van der Waals surface area contributed by atoms with Crippen LogP contribution < -0.4 is 10.1 Å². The van der Waals surface area contributed by atoms with E-state index in [4.69, 9.17) is 4.74 Å². The standard InChI is InChI=1S/C11H14N6O2/c1-2-19-11-12-5-8(6-13-11)3-4-9(18)16-10-14-7-15-17-10/h5-7H,2-4H2,1H3,(H2,14,15,16,17,18). The van der Waals surface area contributed by atoms with Crippen molar-refractivity contribution in [2.45, 2.75) is 19.8 Å². The number of carbonyl (C=O) groups excluding carboxylic acids is 1. The molecule has 0 fully saturated rings. The minimum Gasteiger partial charge on any atom is -0.464 e. The van der Waals surface area contributed by atoms with Crippen molar-refractivity contribution in [2.75, 3.05) is 11.9 Å². The van der Waals surface area contributed by atoms with E-state index < -0.39 is 0 Å². The molecule has 0 aliphatic carbocycles. The van der Waals surface area contributed by atoms with Gasteiger partial charge in [-0.25, -0.2) is 15.1 Å². The lowest BCUT2D eigenvalue weighted by Gasteiger charge is -2.03. The summed E-state index contributed by atoms with van der Waals surface area (Å²) < 4.78 is 5.14. The number of aryl methyl sites for hydroxylation is 1. The Morgan fingerprint density at radius 3 is 2.79 bits per heavy atom. The number of rotatable bonds is 6. The predicted octanol–water partition coefficient (Wildman–Crippen LogP) is 0.565. The van der Waals surface area contributed by atoms with Gasteiger partial charge < -0.3 is 4.74 Å². The zero-order valence-electron chi connectivity index (χ0n) is 10.5. The molecule has 0 spiro atoms. The Labute approximate surface area is 109 Å². The molecule has 2 heterocycles. The summed E-state index contributed by atoms with van der Waals surface area (Å²) in [6.45, 7) is 2.39. The fourth-order valence-corrected chi connectivity index (χ4v) is 1.39. The Balaban J connectivity index is 1.79. The number of H-pyrrole nitrogens is 1. The summed E-state index contributed by atoms with van der Waals surface area (Å²) in [5.74, 6) is 0.193. The second kappa shape index (κ2) is 6.43. The molecule has 0 saturated heterocycles. The first kappa shape index (κ1) is 12.9. The van der Waals surface area contributed by atoms with E-state index in [1.807, 2.05) is 6.92 Å². The predicted molar refractivity (Wildman–Crippen MR) is 66.5 cm³/mol. The number of amides is 1. The highest BCUT2D eigenvalue weighted by molar-refractivity contribution is 5.88. The second-order valence-electron chi connectivity index (χ2n) is 3.69. The van der Waals surface area contributed by atoms with Crippen molar-refractivity contribution in [2.24, 2.45) is 0 Å². The Morgan fingerprint density at radius 2 is 2.16 bits per heavy atom. The normalized spacial score (nSPS) is 10.2. The minimum atomic E-state index is -0.148. The average Bonchev–Trinajstić information content (AvgIpc) is 2.91. The van der Waals surface area contributed by atoms with Crippen molar-refractivity contribution in [3.05, 3.63) is 24.3 Å². The number of hydrogen-bond donors (Lipinski definition) is 2. The number of ether oxygens (including phenoxy) is 1. The molecule has 0 bridgehead atoms. The molecule has 2 aromatic rings. The molecule has 0 unspecified atom stereocenters. The van der Waals surface area contributed by atoms with Crippen LogP contribution in [0, 0.1) is 0 Å². The molecule has 8 heteroatoms. The Hall–Kier alpha value is -2.51. The zero-order valence-corrected chi connectivity index (χ0v) is 10.5. The first-order chi connectivity index (χ1) is 9.28. The van der Waals surface area contributed by atoms with E-state index in [1.165, 1.54) is 6.33 Å². The van der Waals surface area contributed by atoms with Crippen LogP contribution in [-0.4, -0.2) is 37.7 Å². The van der Waals surface area contributed by atoms with Gasteiger partial charge in [0.1, 0.15) is 6.33 Å². The van der Waals surface area contributed by atoms with Crippen molar-refractivity contribution in [3.63, 3.8) is 0 Å². The number of anilines is 1. The molecule has 0 aromatic carbocycles. The third-order valence-electron chi connectivity index (χ3n) is 2.27. The minimum absolute atomic E-state index is 0.148. The summed E-state index contributed by atoms with van der Waals surface area (Å²) in [7, 11) is 0. The van der Waals surface area contributed by atoms with Crippen LogP contribution in [0.2, 0.25) is 0 Å². The van der Waals surface area contributed by atoms with Gasteiger partial charge in [0, 0.05) is 18.8 Å². The van der Waals surface area contributed by atoms with Crippen LogP contribution >= 0.6 is 0 Å². The molecular formula is C11H14N6O2. The molecule has 1 amide bonds. The van der Waals surface area contributed by atoms with Crippen molar-refractivity contribution in [1.29, 1.82) is 0 Å². The Bertz CT molecular complexity index is 510. The molecule has 19 heavy (non-hydrogen) atoms. The summed E-state index contributed by atoms with van der Waals surface area (Å²) in [6.07, 6.45) is 5.50. The highest BCUT2D eigenvalue weighted by Crippen LogP contribution is 2.05. The van der Waals surface area contributed by atoms with Crippen LogP contribution in [0.15, 0.2) is 18.7 Å². The lowest BCUT2D eigenvalue weighted by molar-refractivity contribution is -0.116. The number of aromatic nitrogens is 5. The largest absolute Gasteiger partial charge is 0.464 e. The third kappa shape index (κ3) is 4.02. The first-order valence-corrected chi connectivity index (χ1v) is 5.87. The van der Waals surface area contributed by atoms with E-state index in [0.29, 0.717) is 31.4 Å². The number of carbonyl (C=O) groups is 1. The summed E-state index contributed by atoms with van der Waals surface area (Å²) in [5.41, 5.74) is 0.871. The molecule has 2 aromatic heterocycles. The number of nitrogens with one attached hydrogen (secondary N) is 2. The van der Waals surface area contributed by atoms with E-state index in [2.05, 4.69) is 30.5 Å². The SMILES string of the molecule is CCOc1ncc(CCC(=O)Nc2ncn[nH]2)cn1. The summed E-state index contributed by atoms with van der Waals surface area (Å²) >= 11 is 0. The van der Waals surface area contributed by atoms with E-state index in [-0.39, 0.29) is 5.91 Å². The van der Waals surface area contributed by atoms with E-state index in [1.54, 1.807) is 12.4 Å². The van der Waals surface area contributed by atoms with E-state index >= 15 is 0 Å². The number of aromatic amines is 1. The van der Waals surface area contributed by atoms with Crippen LogP contribution in [0.3, 0.4) is 0 Å². The molecule has 8 nitrogen and oxygen atoms in total. The van der Waals surface area contributed by atoms with Crippen LogP contribution in [0.25, 0.3) is 0 Å². The molecular weight excluding hydrogens is 248 g/mol. The fourth-order valence-electron chi connectivity index (χ4n) is 1.39. The monoisotopic (exact) mass is 262 g/mol. The maximum absolute atomic E-state index is 11.6. The molecule has 100 valence electrons. The highest BCUT2D eigenvalue weighted by atomic mass is 16.5. The van der Waals surface area contributed by atoms with Crippen LogP contribution in [0.4, 0.5) is 5.95 Å². The van der Waals surface area contributed by atoms with Gasteiger partial charge in [0.25, 0.3) is 0 Å². The Kier molecular flexibility index (Phi) is 4.38. The van der Waals surface area contributed by atoms with Gasteiger partial charge in [0.2, 0.25) is 11.9 Å². The maximum atomic E-state index is 11.6. The topological polar surface area (TPSA) is 106 Å². The highest BCUT2D eigenvalue weighted by Gasteiger charge is 2.05. The van der Waals surface area contributed by atoms with Crippen molar-refractivity contribution < 1.29 is 9.53 Å². The van der Waals surface area contributed by atoms with Gasteiger partial charge in [0.05, 0.1) is 6.61 Å². The van der Waals surface area contributed by atoms with Crippen molar-refractivity contribution in [3.8, 4) is 6.01 Å². The molecule has 0 aliphatic rings. The summed E-state index contributed by atoms with van der Waals surface area (Å²) in [6, 6.07) is 0.345. The lowest BCUT2D eigenvalue weighted by atomic mass is 10.2.